The summed E-state index contributed by atoms with van der Waals surface area (Å²) in [5, 5.41) is 0.821. The molecule has 0 saturated carbocycles. The quantitative estimate of drug-likeness (QED) is 0.712. The molecule has 146 valence electrons. The molecule has 1 aliphatic heterocycles. The van der Waals surface area contributed by atoms with Crippen LogP contribution in [0.3, 0.4) is 0 Å². The molecule has 2 heterocycles. The highest BCUT2D eigenvalue weighted by Crippen LogP contribution is 2.44. The second kappa shape index (κ2) is 8.28. The normalized spacial score (nSPS) is 14.9. The summed E-state index contributed by atoms with van der Waals surface area (Å²) < 4.78 is 21.6. The summed E-state index contributed by atoms with van der Waals surface area (Å²) in [4.78, 5) is 23.0. The fourth-order valence-corrected chi connectivity index (χ4v) is 3.49. The highest BCUT2D eigenvalue weighted by atomic mass is 16.5. The number of benzene rings is 1. The number of anilines is 1. The number of fused-ring (bicyclic) bond motifs is 1. The molecule has 0 unspecified atom stereocenters. The van der Waals surface area contributed by atoms with Gasteiger partial charge < -0.3 is 23.8 Å². The van der Waals surface area contributed by atoms with Gasteiger partial charge in [-0.3, -0.25) is 4.79 Å². The van der Waals surface area contributed by atoms with Crippen LogP contribution in [0.25, 0.3) is 10.9 Å². The average molecular weight is 375 g/mol. The van der Waals surface area contributed by atoms with Crippen molar-refractivity contribution < 1.29 is 23.7 Å². The molecule has 1 saturated heterocycles. The van der Waals surface area contributed by atoms with Crippen LogP contribution in [0.4, 0.5) is 5.82 Å². The Bertz CT molecular complexity index is 819. The van der Waals surface area contributed by atoms with Gasteiger partial charge in [0.2, 0.25) is 5.75 Å². The van der Waals surface area contributed by atoms with Gasteiger partial charge in [0.05, 0.1) is 39.2 Å². The SMILES string of the molecule is CCOC(=O)C1CCN(c2ncnc3c(OC)c(OC)c(OC)cc23)CC1. The predicted octanol–water partition coefficient (Wildman–Crippen LogP) is 2.44. The van der Waals surface area contributed by atoms with Crippen LogP contribution >= 0.6 is 0 Å². The van der Waals surface area contributed by atoms with E-state index >= 15 is 0 Å². The van der Waals surface area contributed by atoms with Crippen LogP contribution in [0, 0.1) is 5.92 Å². The molecular weight excluding hydrogens is 350 g/mol. The Labute approximate surface area is 158 Å². The van der Waals surface area contributed by atoms with E-state index < -0.39 is 0 Å². The minimum Gasteiger partial charge on any atom is -0.493 e. The molecule has 0 amide bonds. The molecule has 27 heavy (non-hydrogen) atoms. The van der Waals surface area contributed by atoms with E-state index in [-0.39, 0.29) is 11.9 Å². The largest absolute Gasteiger partial charge is 0.493 e. The molecule has 1 aromatic heterocycles. The zero-order valence-electron chi connectivity index (χ0n) is 16.2. The number of hydrogen-bond acceptors (Lipinski definition) is 8. The summed E-state index contributed by atoms with van der Waals surface area (Å²) in [6.45, 7) is 3.67. The van der Waals surface area contributed by atoms with Crippen LogP contribution in [0.2, 0.25) is 0 Å². The van der Waals surface area contributed by atoms with Gasteiger partial charge in [0.1, 0.15) is 17.7 Å². The number of piperidine rings is 1. The Morgan fingerprint density at radius 1 is 1.11 bits per heavy atom. The fourth-order valence-electron chi connectivity index (χ4n) is 3.49. The van der Waals surface area contributed by atoms with E-state index in [1.54, 1.807) is 21.3 Å². The number of rotatable bonds is 6. The molecule has 0 atom stereocenters. The zero-order valence-corrected chi connectivity index (χ0v) is 16.2. The second-order valence-corrected chi connectivity index (χ2v) is 6.25. The van der Waals surface area contributed by atoms with Gasteiger partial charge in [0.25, 0.3) is 0 Å². The monoisotopic (exact) mass is 375 g/mol. The molecule has 2 aromatic rings. The number of carbonyl (C=O) groups is 1. The Morgan fingerprint density at radius 3 is 2.41 bits per heavy atom. The van der Waals surface area contributed by atoms with Gasteiger partial charge in [0.15, 0.2) is 11.5 Å². The van der Waals surface area contributed by atoms with Crippen molar-refractivity contribution in [2.24, 2.45) is 5.92 Å². The van der Waals surface area contributed by atoms with Crippen molar-refractivity contribution >= 4 is 22.7 Å². The molecule has 1 fully saturated rings. The van der Waals surface area contributed by atoms with Crippen LogP contribution in [0.5, 0.6) is 17.2 Å². The smallest absolute Gasteiger partial charge is 0.309 e. The molecule has 0 bridgehead atoms. The summed E-state index contributed by atoms with van der Waals surface area (Å²) in [7, 11) is 4.72. The first kappa shape index (κ1) is 19.0. The van der Waals surface area contributed by atoms with E-state index in [0.29, 0.717) is 42.5 Å². The standard InChI is InChI=1S/C19H25N3O5/c1-5-27-19(23)12-6-8-22(9-7-12)18-13-10-14(24-2)16(25-3)17(26-4)15(13)20-11-21-18/h10-12H,5-9H2,1-4H3. The first-order valence-corrected chi connectivity index (χ1v) is 8.99. The topological polar surface area (TPSA) is 83.0 Å². The third-order valence-electron chi connectivity index (χ3n) is 4.83. The van der Waals surface area contributed by atoms with Crippen molar-refractivity contribution in [1.29, 1.82) is 0 Å². The summed E-state index contributed by atoms with van der Waals surface area (Å²) >= 11 is 0. The average Bonchev–Trinajstić information content (AvgIpc) is 2.71. The van der Waals surface area contributed by atoms with Crippen molar-refractivity contribution in [3.05, 3.63) is 12.4 Å². The summed E-state index contributed by atoms with van der Waals surface area (Å²) in [6, 6.07) is 1.86. The van der Waals surface area contributed by atoms with Crippen LogP contribution in [0.15, 0.2) is 12.4 Å². The van der Waals surface area contributed by atoms with Crippen LogP contribution < -0.4 is 19.1 Å². The molecule has 0 N–H and O–H groups in total. The molecular formula is C19H25N3O5. The molecule has 1 aromatic carbocycles. The van der Waals surface area contributed by atoms with Gasteiger partial charge in [-0.2, -0.15) is 0 Å². The van der Waals surface area contributed by atoms with E-state index in [1.165, 1.54) is 6.33 Å². The Balaban J connectivity index is 1.95. The van der Waals surface area contributed by atoms with Crippen molar-refractivity contribution in [2.45, 2.75) is 19.8 Å². The van der Waals surface area contributed by atoms with Gasteiger partial charge in [-0.15, -0.1) is 0 Å². The van der Waals surface area contributed by atoms with E-state index in [4.69, 9.17) is 18.9 Å². The van der Waals surface area contributed by atoms with E-state index in [2.05, 4.69) is 14.9 Å². The number of ether oxygens (including phenoxy) is 4. The van der Waals surface area contributed by atoms with Crippen LogP contribution in [-0.2, 0) is 9.53 Å². The summed E-state index contributed by atoms with van der Waals surface area (Å²) in [6.07, 6.45) is 2.98. The lowest BCUT2D eigenvalue weighted by molar-refractivity contribution is -0.148. The maximum Gasteiger partial charge on any atom is 0.309 e. The lowest BCUT2D eigenvalue weighted by Gasteiger charge is -2.32. The molecule has 0 spiro atoms. The molecule has 8 heteroatoms. The van der Waals surface area contributed by atoms with Gasteiger partial charge in [0, 0.05) is 13.1 Å². The maximum atomic E-state index is 12.0. The summed E-state index contributed by atoms with van der Waals surface area (Å²) in [5.74, 6) is 2.19. The second-order valence-electron chi connectivity index (χ2n) is 6.25. The number of carbonyl (C=O) groups excluding carboxylic acids is 1. The maximum absolute atomic E-state index is 12.0. The van der Waals surface area contributed by atoms with Crippen molar-refractivity contribution in [2.75, 3.05) is 45.9 Å². The van der Waals surface area contributed by atoms with Gasteiger partial charge >= 0.3 is 5.97 Å². The molecule has 0 radical (unpaired) electrons. The number of aromatic nitrogens is 2. The first-order valence-electron chi connectivity index (χ1n) is 8.99. The molecule has 3 rings (SSSR count). The minimum atomic E-state index is -0.113. The van der Waals surface area contributed by atoms with Crippen molar-refractivity contribution in [1.82, 2.24) is 9.97 Å². The molecule has 1 aliphatic rings. The minimum absolute atomic E-state index is 0.0570. The molecule has 0 aliphatic carbocycles. The summed E-state index contributed by atoms with van der Waals surface area (Å²) in [5.41, 5.74) is 0.660. The Kier molecular flexibility index (Phi) is 5.83. The lowest BCUT2D eigenvalue weighted by atomic mass is 9.97. The number of esters is 1. The van der Waals surface area contributed by atoms with E-state index in [9.17, 15) is 4.79 Å². The van der Waals surface area contributed by atoms with E-state index in [1.807, 2.05) is 13.0 Å². The van der Waals surface area contributed by atoms with Gasteiger partial charge in [-0.25, -0.2) is 9.97 Å². The fraction of sp³-hybridized carbons (Fsp3) is 0.526. The number of hydrogen-bond donors (Lipinski definition) is 0. The highest BCUT2D eigenvalue weighted by Gasteiger charge is 2.28. The van der Waals surface area contributed by atoms with Gasteiger partial charge in [-0.1, -0.05) is 0 Å². The lowest BCUT2D eigenvalue weighted by Crippen LogP contribution is -2.37. The van der Waals surface area contributed by atoms with Gasteiger partial charge in [-0.05, 0) is 25.8 Å². The predicted molar refractivity (Wildman–Crippen MR) is 101 cm³/mol. The van der Waals surface area contributed by atoms with Crippen molar-refractivity contribution in [3.63, 3.8) is 0 Å². The Morgan fingerprint density at radius 2 is 1.81 bits per heavy atom. The van der Waals surface area contributed by atoms with Crippen LogP contribution in [-0.4, -0.2) is 57.0 Å². The first-order chi connectivity index (χ1) is 13.1. The van der Waals surface area contributed by atoms with Crippen LogP contribution in [0.1, 0.15) is 19.8 Å². The van der Waals surface area contributed by atoms with E-state index in [0.717, 1.165) is 24.0 Å². The third-order valence-corrected chi connectivity index (χ3v) is 4.83. The highest BCUT2D eigenvalue weighted by molar-refractivity contribution is 5.97. The molecule has 8 nitrogen and oxygen atoms in total. The number of nitrogens with zero attached hydrogens (tertiary/aromatic N) is 3. The zero-order chi connectivity index (χ0) is 19.4. The van der Waals surface area contributed by atoms with Crippen molar-refractivity contribution in [3.8, 4) is 17.2 Å². The third kappa shape index (κ3) is 3.56. The number of methoxy groups -OCH3 is 3. The Hall–Kier alpha value is -2.77.